The molecular weight excluding hydrogens is 282 g/mol. The molecule has 3 nitrogen and oxygen atoms in total. The molecule has 96 valence electrons. The number of aliphatic hydroxyl groups excluding tert-OH is 1. The zero-order valence-electron chi connectivity index (χ0n) is 10.5. The third-order valence-corrected chi connectivity index (χ3v) is 2.81. The molecule has 0 aliphatic carbocycles. The van der Waals surface area contributed by atoms with Crippen molar-refractivity contribution in [3.8, 4) is 5.75 Å². The Morgan fingerprint density at radius 3 is 2.59 bits per heavy atom. The minimum atomic E-state index is -0.454. The quantitative estimate of drug-likeness (QED) is 0.849. The van der Waals surface area contributed by atoms with Gasteiger partial charge in [-0.1, -0.05) is 19.9 Å². The van der Waals surface area contributed by atoms with Crippen molar-refractivity contribution in [3.63, 3.8) is 0 Å². The summed E-state index contributed by atoms with van der Waals surface area (Å²) >= 11 is 3.47. The maximum absolute atomic E-state index is 9.15. The first kappa shape index (κ1) is 14.5. The van der Waals surface area contributed by atoms with Crippen LogP contribution >= 0.6 is 15.9 Å². The average Bonchev–Trinajstić information content (AvgIpc) is 2.24. The number of ether oxygens (including phenoxy) is 1. The van der Waals surface area contributed by atoms with E-state index in [0.29, 0.717) is 12.6 Å². The molecule has 0 fully saturated rings. The predicted molar refractivity (Wildman–Crippen MR) is 73.3 cm³/mol. The molecule has 1 unspecified atom stereocenters. The largest absolute Gasteiger partial charge is 0.490 e. The fourth-order valence-electron chi connectivity index (χ4n) is 1.30. The summed E-state index contributed by atoms with van der Waals surface area (Å²) in [5.74, 6) is 0.763. The van der Waals surface area contributed by atoms with E-state index in [-0.39, 0.29) is 0 Å². The molecule has 0 heterocycles. The van der Waals surface area contributed by atoms with Gasteiger partial charge >= 0.3 is 0 Å². The molecule has 0 spiro atoms. The Kier molecular flexibility index (Phi) is 5.95. The average molecular weight is 302 g/mol. The van der Waals surface area contributed by atoms with Crippen LogP contribution in [0.1, 0.15) is 26.3 Å². The lowest BCUT2D eigenvalue weighted by Crippen LogP contribution is -2.21. The molecule has 1 rings (SSSR count). The smallest absolute Gasteiger partial charge is 0.133 e. The van der Waals surface area contributed by atoms with Crippen molar-refractivity contribution in [1.29, 1.82) is 0 Å². The minimum absolute atomic E-state index is 0.308. The Labute approximate surface area is 111 Å². The summed E-state index contributed by atoms with van der Waals surface area (Å²) in [5.41, 5.74) is 1.20. The van der Waals surface area contributed by atoms with Gasteiger partial charge in [-0.15, -0.1) is 0 Å². The molecule has 0 radical (unpaired) electrons. The van der Waals surface area contributed by atoms with E-state index in [0.717, 1.165) is 16.8 Å². The summed E-state index contributed by atoms with van der Waals surface area (Å²) in [5, 5.41) is 12.5. The molecule has 0 aromatic heterocycles. The van der Waals surface area contributed by atoms with E-state index in [2.05, 4.69) is 35.1 Å². The summed E-state index contributed by atoms with van der Waals surface area (Å²) in [6.45, 7) is 7.09. The number of benzene rings is 1. The van der Waals surface area contributed by atoms with Crippen LogP contribution in [0, 0.1) is 0 Å². The third-order valence-electron chi connectivity index (χ3n) is 2.19. The van der Waals surface area contributed by atoms with Crippen LogP contribution in [0.25, 0.3) is 0 Å². The normalized spacial score (nSPS) is 12.8. The van der Waals surface area contributed by atoms with E-state index in [1.807, 2.05) is 18.2 Å². The zero-order chi connectivity index (χ0) is 12.8. The van der Waals surface area contributed by atoms with Gasteiger partial charge < -0.3 is 15.2 Å². The van der Waals surface area contributed by atoms with Gasteiger partial charge in [0.05, 0.1) is 10.6 Å². The van der Waals surface area contributed by atoms with E-state index in [4.69, 9.17) is 9.84 Å². The van der Waals surface area contributed by atoms with Crippen molar-refractivity contribution in [1.82, 2.24) is 5.32 Å². The fraction of sp³-hybridized carbons (Fsp3) is 0.538. The molecule has 0 aliphatic rings. The molecule has 0 saturated heterocycles. The van der Waals surface area contributed by atoms with Crippen LogP contribution in [0.15, 0.2) is 22.7 Å². The molecule has 0 bridgehead atoms. The lowest BCUT2D eigenvalue weighted by Gasteiger charge is -2.12. The highest BCUT2D eigenvalue weighted by Gasteiger charge is 2.04. The van der Waals surface area contributed by atoms with E-state index >= 15 is 0 Å². The maximum atomic E-state index is 9.15. The monoisotopic (exact) mass is 301 g/mol. The van der Waals surface area contributed by atoms with Gasteiger partial charge in [-0.05, 0) is 40.5 Å². The van der Waals surface area contributed by atoms with Gasteiger partial charge in [0.15, 0.2) is 0 Å². The van der Waals surface area contributed by atoms with Crippen LogP contribution in [-0.4, -0.2) is 23.9 Å². The summed E-state index contributed by atoms with van der Waals surface area (Å²) in [6, 6.07) is 6.45. The van der Waals surface area contributed by atoms with E-state index in [1.54, 1.807) is 6.92 Å². The van der Waals surface area contributed by atoms with Gasteiger partial charge in [0.25, 0.3) is 0 Å². The van der Waals surface area contributed by atoms with Crippen molar-refractivity contribution in [3.05, 3.63) is 28.2 Å². The molecule has 2 N–H and O–H groups in total. The molecule has 0 aliphatic heterocycles. The molecule has 1 atom stereocenters. The molecule has 1 aromatic carbocycles. The molecule has 4 heteroatoms. The Morgan fingerprint density at radius 1 is 1.35 bits per heavy atom. The molecule has 17 heavy (non-hydrogen) atoms. The Morgan fingerprint density at radius 2 is 2.06 bits per heavy atom. The topological polar surface area (TPSA) is 41.5 Å². The van der Waals surface area contributed by atoms with E-state index < -0.39 is 6.10 Å². The molecular formula is C13H20BrNO2. The van der Waals surface area contributed by atoms with Gasteiger partial charge in [-0.3, -0.25) is 0 Å². The van der Waals surface area contributed by atoms with E-state index in [9.17, 15) is 0 Å². The zero-order valence-corrected chi connectivity index (χ0v) is 12.1. The first-order valence-electron chi connectivity index (χ1n) is 5.81. The molecule has 0 saturated carbocycles. The summed E-state index contributed by atoms with van der Waals surface area (Å²) in [6.07, 6.45) is -0.454. The summed E-state index contributed by atoms with van der Waals surface area (Å²) in [7, 11) is 0. The SMILES string of the molecule is CC(O)COc1ccc(CNC(C)C)cc1Br. The van der Waals surface area contributed by atoms with Crippen LogP contribution in [0.5, 0.6) is 5.75 Å². The van der Waals surface area contributed by atoms with Crippen molar-refractivity contribution >= 4 is 15.9 Å². The first-order valence-corrected chi connectivity index (χ1v) is 6.61. The number of nitrogens with one attached hydrogen (secondary N) is 1. The Hall–Kier alpha value is -0.580. The number of rotatable bonds is 6. The van der Waals surface area contributed by atoms with Gasteiger partial charge in [0.1, 0.15) is 12.4 Å². The predicted octanol–water partition coefficient (Wildman–Crippen LogP) is 2.71. The Bertz CT molecular complexity index is 353. The second kappa shape index (κ2) is 6.99. The standard InChI is InChI=1S/C13H20BrNO2/c1-9(2)15-7-11-4-5-13(12(14)6-11)17-8-10(3)16/h4-6,9-10,15-16H,7-8H2,1-3H3. The second-order valence-electron chi connectivity index (χ2n) is 4.46. The molecule has 0 amide bonds. The lowest BCUT2D eigenvalue weighted by atomic mass is 10.2. The highest BCUT2D eigenvalue weighted by atomic mass is 79.9. The van der Waals surface area contributed by atoms with Gasteiger partial charge in [0, 0.05) is 12.6 Å². The van der Waals surface area contributed by atoms with Gasteiger partial charge in [0.2, 0.25) is 0 Å². The maximum Gasteiger partial charge on any atom is 0.133 e. The summed E-state index contributed by atoms with van der Waals surface area (Å²) < 4.78 is 6.38. The number of hydrogen-bond donors (Lipinski definition) is 2. The first-order chi connectivity index (χ1) is 7.99. The minimum Gasteiger partial charge on any atom is -0.490 e. The van der Waals surface area contributed by atoms with Crippen molar-refractivity contribution in [2.24, 2.45) is 0 Å². The Balaban J connectivity index is 2.59. The van der Waals surface area contributed by atoms with Crippen molar-refractivity contribution < 1.29 is 9.84 Å². The van der Waals surface area contributed by atoms with Crippen LogP contribution < -0.4 is 10.1 Å². The highest BCUT2D eigenvalue weighted by Crippen LogP contribution is 2.26. The van der Waals surface area contributed by atoms with Crippen LogP contribution in [0.2, 0.25) is 0 Å². The fourth-order valence-corrected chi connectivity index (χ4v) is 1.84. The van der Waals surface area contributed by atoms with Gasteiger partial charge in [-0.2, -0.15) is 0 Å². The summed E-state index contributed by atoms with van der Waals surface area (Å²) in [4.78, 5) is 0. The number of aliphatic hydroxyl groups is 1. The van der Waals surface area contributed by atoms with Crippen molar-refractivity contribution in [2.75, 3.05) is 6.61 Å². The highest BCUT2D eigenvalue weighted by molar-refractivity contribution is 9.10. The van der Waals surface area contributed by atoms with Crippen molar-refractivity contribution in [2.45, 2.75) is 39.5 Å². The van der Waals surface area contributed by atoms with Crippen LogP contribution in [0.3, 0.4) is 0 Å². The van der Waals surface area contributed by atoms with Crippen LogP contribution in [0.4, 0.5) is 0 Å². The van der Waals surface area contributed by atoms with Gasteiger partial charge in [-0.25, -0.2) is 0 Å². The van der Waals surface area contributed by atoms with Crippen LogP contribution in [-0.2, 0) is 6.54 Å². The number of hydrogen-bond acceptors (Lipinski definition) is 3. The third kappa shape index (κ3) is 5.52. The van der Waals surface area contributed by atoms with E-state index in [1.165, 1.54) is 5.56 Å². The lowest BCUT2D eigenvalue weighted by molar-refractivity contribution is 0.122. The number of halogens is 1. The second-order valence-corrected chi connectivity index (χ2v) is 5.31. The molecule has 1 aromatic rings.